The maximum Gasteiger partial charge on any atom is 0.0659 e. The van der Waals surface area contributed by atoms with Crippen LogP contribution in [0.4, 0.5) is 11.4 Å². The predicted molar refractivity (Wildman–Crippen MR) is 110 cm³/mol. The van der Waals surface area contributed by atoms with E-state index >= 15 is 0 Å². The maximum atomic E-state index is 4.72. The van der Waals surface area contributed by atoms with Crippen LogP contribution in [0.3, 0.4) is 0 Å². The highest BCUT2D eigenvalue weighted by Gasteiger charge is 2.35. The lowest BCUT2D eigenvalue weighted by molar-refractivity contribution is 0.381. The number of hydrogen-bond donors (Lipinski definition) is 0. The van der Waals surface area contributed by atoms with E-state index in [0.717, 1.165) is 12.2 Å². The Kier molecular flexibility index (Phi) is 4.73. The first-order chi connectivity index (χ1) is 11.8. The average molecular weight is 335 g/mol. The molecule has 0 N–H and O–H groups in total. The molecule has 132 valence electrons. The molecule has 1 unspecified atom stereocenters. The summed E-state index contributed by atoms with van der Waals surface area (Å²) in [5, 5.41) is 0. The lowest BCUT2D eigenvalue weighted by Gasteiger charge is -2.47. The Morgan fingerprint density at radius 3 is 2.60 bits per heavy atom. The summed E-state index contributed by atoms with van der Waals surface area (Å²) >= 11 is 0. The van der Waals surface area contributed by atoms with E-state index in [1.165, 1.54) is 34.4 Å². The lowest BCUT2D eigenvalue weighted by atomic mass is 9.79. The van der Waals surface area contributed by atoms with E-state index < -0.39 is 0 Å². The van der Waals surface area contributed by atoms with Crippen LogP contribution in [0.15, 0.2) is 41.4 Å². The Hall–Kier alpha value is -2.09. The van der Waals surface area contributed by atoms with E-state index in [1.54, 1.807) is 0 Å². The van der Waals surface area contributed by atoms with Crippen molar-refractivity contribution in [2.24, 2.45) is 4.99 Å². The van der Waals surface area contributed by atoms with E-state index in [4.69, 9.17) is 4.99 Å². The molecular formula is C23H30N2. The van der Waals surface area contributed by atoms with E-state index in [2.05, 4.69) is 82.8 Å². The highest BCUT2D eigenvalue weighted by Crippen LogP contribution is 2.43. The average Bonchev–Trinajstić information content (AvgIpc) is 2.54. The van der Waals surface area contributed by atoms with Crippen LogP contribution < -0.4 is 4.90 Å². The Balaban J connectivity index is 1.93. The molecule has 1 aliphatic rings. The smallest absolute Gasteiger partial charge is 0.0659 e. The van der Waals surface area contributed by atoms with Crippen molar-refractivity contribution in [2.75, 3.05) is 11.4 Å². The monoisotopic (exact) mass is 334 g/mol. The van der Waals surface area contributed by atoms with Gasteiger partial charge in [-0.1, -0.05) is 30.7 Å². The first-order valence-electron chi connectivity index (χ1n) is 9.34. The van der Waals surface area contributed by atoms with Gasteiger partial charge >= 0.3 is 0 Å². The number of anilines is 1. The van der Waals surface area contributed by atoms with Crippen molar-refractivity contribution >= 4 is 17.6 Å². The molecule has 1 atom stereocenters. The van der Waals surface area contributed by atoms with Gasteiger partial charge in [0.15, 0.2) is 0 Å². The summed E-state index contributed by atoms with van der Waals surface area (Å²) in [5.74, 6) is 0.572. The topological polar surface area (TPSA) is 15.6 Å². The number of aliphatic imine (C=N–C) groups is 1. The molecule has 0 spiro atoms. The number of rotatable bonds is 3. The highest BCUT2D eigenvalue weighted by atomic mass is 15.2. The van der Waals surface area contributed by atoms with Crippen molar-refractivity contribution in [3.63, 3.8) is 0 Å². The van der Waals surface area contributed by atoms with Gasteiger partial charge in [0.1, 0.15) is 0 Å². The van der Waals surface area contributed by atoms with E-state index in [-0.39, 0.29) is 5.54 Å². The van der Waals surface area contributed by atoms with E-state index in [9.17, 15) is 0 Å². The maximum absolute atomic E-state index is 4.72. The fraction of sp³-hybridized carbons (Fsp3) is 0.435. The van der Waals surface area contributed by atoms with Gasteiger partial charge in [0.05, 0.1) is 5.69 Å². The predicted octanol–water partition coefficient (Wildman–Crippen LogP) is 6.17. The van der Waals surface area contributed by atoms with Crippen LogP contribution in [0.1, 0.15) is 62.3 Å². The minimum atomic E-state index is 0.218. The number of hydrogen-bond acceptors (Lipinski definition) is 2. The Labute approximate surface area is 152 Å². The molecule has 1 aliphatic heterocycles. The molecule has 0 saturated carbocycles. The molecule has 0 bridgehead atoms. The summed E-state index contributed by atoms with van der Waals surface area (Å²) in [4.78, 5) is 7.26. The second-order valence-electron chi connectivity index (χ2n) is 8.03. The quantitative estimate of drug-likeness (QED) is 0.613. The fourth-order valence-corrected chi connectivity index (χ4v) is 4.28. The van der Waals surface area contributed by atoms with Gasteiger partial charge in [0, 0.05) is 24.0 Å². The van der Waals surface area contributed by atoms with Crippen molar-refractivity contribution in [1.29, 1.82) is 0 Å². The van der Waals surface area contributed by atoms with Gasteiger partial charge in [-0.2, -0.15) is 0 Å². The summed E-state index contributed by atoms with van der Waals surface area (Å²) in [7, 11) is 0. The summed E-state index contributed by atoms with van der Waals surface area (Å²) in [6, 6.07) is 13.2. The third kappa shape index (κ3) is 3.49. The molecule has 0 aromatic heterocycles. The third-order valence-corrected chi connectivity index (χ3v) is 5.43. The van der Waals surface area contributed by atoms with Crippen LogP contribution in [-0.4, -0.2) is 18.3 Å². The first-order valence-corrected chi connectivity index (χ1v) is 9.34. The van der Waals surface area contributed by atoms with Gasteiger partial charge in [-0.05, 0) is 81.8 Å². The van der Waals surface area contributed by atoms with Crippen molar-refractivity contribution < 1.29 is 0 Å². The second-order valence-corrected chi connectivity index (χ2v) is 8.03. The summed E-state index contributed by atoms with van der Waals surface area (Å²) in [6.45, 7) is 14.6. The number of aryl methyl sites for hydroxylation is 2. The Morgan fingerprint density at radius 1 is 1.16 bits per heavy atom. The molecule has 2 heteroatoms. The normalized spacial score (nSPS) is 19.3. The number of fused-ring (bicyclic) bond motifs is 1. The zero-order chi connectivity index (χ0) is 18.2. The van der Waals surface area contributed by atoms with Crippen molar-refractivity contribution in [3.8, 4) is 0 Å². The number of benzene rings is 2. The molecule has 0 amide bonds. The molecule has 0 aliphatic carbocycles. The third-order valence-electron chi connectivity index (χ3n) is 5.43. The number of nitrogens with zero attached hydrogens (tertiary/aromatic N) is 2. The molecular weight excluding hydrogens is 304 g/mol. The summed E-state index contributed by atoms with van der Waals surface area (Å²) in [5.41, 5.74) is 7.79. The van der Waals surface area contributed by atoms with Crippen LogP contribution in [0, 0.1) is 13.8 Å². The van der Waals surface area contributed by atoms with Crippen molar-refractivity contribution in [1.82, 2.24) is 0 Å². The van der Waals surface area contributed by atoms with Crippen LogP contribution >= 0.6 is 0 Å². The fourth-order valence-electron chi connectivity index (χ4n) is 4.28. The van der Waals surface area contributed by atoms with E-state index in [1.807, 2.05) is 6.21 Å². The summed E-state index contributed by atoms with van der Waals surface area (Å²) in [6.07, 6.45) is 3.19. The minimum Gasteiger partial charge on any atom is -0.366 e. The standard InChI is InChI=1S/C23H30N2/c1-7-25-22-11-9-19(13-20(22)18(4)14-23(25,5)6)15-24-21-10-8-16(2)12-17(21)3/h8-13,15,18H,7,14H2,1-6H3. The van der Waals surface area contributed by atoms with Crippen molar-refractivity contribution in [2.45, 2.75) is 59.4 Å². The molecule has 2 aromatic rings. The van der Waals surface area contributed by atoms with Gasteiger partial charge in [-0.3, -0.25) is 4.99 Å². The molecule has 0 saturated heterocycles. The van der Waals surface area contributed by atoms with Crippen LogP contribution in [0.5, 0.6) is 0 Å². The molecule has 0 radical (unpaired) electrons. The Morgan fingerprint density at radius 2 is 1.92 bits per heavy atom. The van der Waals surface area contributed by atoms with Crippen LogP contribution in [-0.2, 0) is 0 Å². The second kappa shape index (κ2) is 6.67. The van der Waals surface area contributed by atoms with Gasteiger partial charge in [-0.15, -0.1) is 0 Å². The van der Waals surface area contributed by atoms with E-state index in [0.29, 0.717) is 5.92 Å². The molecule has 3 rings (SSSR count). The van der Waals surface area contributed by atoms with Crippen molar-refractivity contribution in [3.05, 3.63) is 58.7 Å². The molecule has 2 aromatic carbocycles. The molecule has 1 heterocycles. The molecule has 2 nitrogen and oxygen atoms in total. The SMILES string of the molecule is CCN1c2ccc(C=Nc3ccc(C)cc3C)cc2C(C)CC1(C)C. The minimum absolute atomic E-state index is 0.218. The van der Waals surface area contributed by atoms with Gasteiger partial charge in [-0.25, -0.2) is 0 Å². The van der Waals surface area contributed by atoms with Gasteiger partial charge in [0.25, 0.3) is 0 Å². The zero-order valence-corrected chi connectivity index (χ0v) is 16.4. The zero-order valence-electron chi connectivity index (χ0n) is 16.4. The molecule has 25 heavy (non-hydrogen) atoms. The first kappa shape index (κ1) is 17.7. The van der Waals surface area contributed by atoms with Gasteiger partial charge in [0.2, 0.25) is 0 Å². The summed E-state index contributed by atoms with van der Waals surface area (Å²) < 4.78 is 0. The van der Waals surface area contributed by atoms with Crippen LogP contribution in [0.2, 0.25) is 0 Å². The highest BCUT2D eigenvalue weighted by molar-refractivity contribution is 5.84. The Bertz CT molecular complexity index is 802. The molecule has 0 fully saturated rings. The van der Waals surface area contributed by atoms with Crippen LogP contribution in [0.25, 0.3) is 0 Å². The van der Waals surface area contributed by atoms with Gasteiger partial charge < -0.3 is 4.90 Å². The lowest BCUT2D eigenvalue weighted by Crippen LogP contribution is -2.48. The largest absolute Gasteiger partial charge is 0.366 e.